The number of rotatable bonds is 8. The molecule has 0 saturated carbocycles. The van der Waals surface area contributed by atoms with E-state index in [1.165, 1.54) is 0 Å². The zero-order valence-electron chi connectivity index (χ0n) is 18.4. The fraction of sp³-hybridized carbons (Fsp3) is 0.348. The van der Waals surface area contributed by atoms with Gasteiger partial charge in [0.2, 0.25) is 5.91 Å². The molecule has 0 unspecified atom stereocenters. The summed E-state index contributed by atoms with van der Waals surface area (Å²) in [6.07, 6.45) is 13.9. The monoisotopic (exact) mass is 451 g/mol. The maximum Gasteiger partial charge on any atom is 0.247 e. The number of carbonyl (C=O) groups excluding carboxylic acids is 1. The molecule has 4 rings (SSSR count). The van der Waals surface area contributed by atoms with E-state index < -0.39 is 0 Å². The lowest BCUT2D eigenvalue weighted by molar-refractivity contribution is -0.117. The number of ether oxygens (including phenoxy) is 1. The van der Waals surface area contributed by atoms with Crippen molar-refractivity contribution in [1.29, 1.82) is 0 Å². The minimum absolute atomic E-state index is 0.0328. The molecule has 1 amide bonds. The van der Waals surface area contributed by atoms with E-state index in [4.69, 9.17) is 21.3 Å². The van der Waals surface area contributed by atoms with Gasteiger partial charge < -0.3 is 15.4 Å². The van der Waals surface area contributed by atoms with E-state index >= 15 is 0 Å². The molecule has 32 heavy (non-hydrogen) atoms. The van der Waals surface area contributed by atoms with Crippen molar-refractivity contribution >= 4 is 47.9 Å². The molecule has 2 heterocycles. The number of nitrogens with one attached hydrogen (secondary N) is 2. The van der Waals surface area contributed by atoms with Gasteiger partial charge >= 0.3 is 0 Å². The molecule has 2 N–H and O–H groups in total. The van der Waals surface area contributed by atoms with Crippen LogP contribution < -0.4 is 16.1 Å². The van der Waals surface area contributed by atoms with Crippen molar-refractivity contribution in [3.63, 3.8) is 0 Å². The van der Waals surface area contributed by atoms with E-state index in [2.05, 4.69) is 21.8 Å². The van der Waals surface area contributed by atoms with Crippen molar-refractivity contribution in [2.45, 2.75) is 32.1 Å². The van der Waals surface area contributed by atoms with E-state index in [0.29, 0.717) is 13.1 Å². The molecular weight excluding hydrogens is 425 g/mol. The van der Waals surface area contributed by atoms with Gasteiger partial charge in [0, 0.05) is 41.5 Å². The summed E-state index contributed by atoms with van der Waals surface area (Å²) in [5, 5.41) is 11.7. The molecule has 0 radical (unpaired) electrons. The first-order chi connectivity index (χ1) is 15.6. The van der Waals surface area contributed by atoms with Crippen LogP contribution in [0.4, 0.5) is 5.82 Å². The quantitative estimate of drug-likeness (QED) is 0.476. The molecule has 2 aliphatic rings. The molecule has 0 saturated heterocycles. The van der Waals surface area contributed by atoms with Crippen LogP contribution in [0.1, 0.15) is 37.8 Å². The predicted molar refractivity (Wildman–Crippen MR) is 131 cm³/mol. The van der Waals surface area contributed by atoms with Gasteiger partial charge in [-0.1, -0.05) is 23.8 Å². The van der Waals surface area contributed by atoms with E-state index in [1.54, 1.807) is 7.11 Å². The predicted octanol–water partition coefficient (Wildman–Crippen LogP) is 2.46. The zero-order chi connectivity index (χ0) is 22.5. The summed E-state index contributed by atoms with van der Waals surface area (Å²) in [6, 6.07) is 1.98. The Bertz CT molecular complexity index is 1150. The van der Waals surface area contributed by atoms with Gasteiger partial charge in [0.15, 0.2) is 5.65 Å². The van der Waals surface area contributed by atoms with Gasteiger partial charge in [-0.25, -0.2) is 4.98 Å². The van der Waals surface area contributed by atoms with Crippen molar-refractivity contribution in [2.75, 3.05) is 25.5 Å². The highest BCUT2D eigenvalue weighted by atomic mass is 35.5. The Morgan fingerprint density at radius 1 is 1.31 bits per heavy atom. The molecular formula is C23H27BClN5O2. The highest BCUT2D eigenvalue weighted by molar-refractivity contribution is 6.36. The van der Waals surface area contributed by atoms with Crippen LogP contribution in [0.2, 0.25) is 0 Å². The Labute approximate surface area is 193 Å². The average molecular weight is 452 g/mol. The van der Waals surface area contributed by atoms with Gasteiger partial charge in [-0.15, -0.1) is 0 Å². The third-order valence-electron chi connectivity index (χ3n) is 5.58. The van der Waals surface area contributed by atoms with E-state index in [9.17, 15) is 4.79 Å². The molecule has 0 bridgehead atoms. The van der Waals surface area contributed by atoms with E-state index in [1.807, 2.05) is 42.9 Å². The third kappa shape index (κ3) is 4.91. The van der Waals surface area contributed by atoms with Gasteiger partial charge in [-0.3, -0.25) is 4.79 Å². The Morgan fingerprint density at radius 2 is 2.19 bits per heavy atom. The van der Waals surface area contributed by atoms with Crippen molar-refractivity contribution < 1.29 is 9.53 Å². The van der Waals surface area contributed by atoms with Gasteiger partial charge in [0.1, 0.15) is 19.4 Å². The van der Waals surface area contributed by atoms with Crippen molar-refractivity contribution in [2.24, 2.45) is 0 Å². The third-order valence-corrected chi connectivity index (χ3v) is 5.97. The second kappa shape index (κ2) is 10.1. The first-order valence-corrected chi connectivity index (χ1v) is 11.3. The summed E-state index contributed by atoms with van der Waals surface area (Å²) in [5.74, 6) is 1.57. The largest absolute Gasteiger partial charge is 0.497 e. The number of carbonyl (C=O) groups is 1. The highest BCUT2D eigenvalue weighted by Crippen LogP contribution is 2.30. The number of halogens is 1. The number of aromatic nitrogens is 3. The molecule has 0 spiro atoms. The number of fused-ring (bicyclic) bond motifs is 1. The molecule has 7 nitrogen and oxygen atoms in total. The Kier molecular flexibility index (Phi) is 7.00. The normalized spacial score (nSPS) is 16.1. The fourth-order valence-corrected chi connectivity index (χ4v) is 4.08. The summed E-state index contributed by atoms with van der Waals surface area (Å²) >= 11 is 6.48. The summed E-state index contributed by atoms with van der Waals surface area (Å²) in [4.78, 5) is 17.2. The minimum atomic E-state index is -0.0328. The topological polar surface area (TPSA) is 80.5 Å². The summed E-state index contributed by atoms with van der Waals surface area (Å²) < 4.78 is 7.04. The number of amides is 1. The fourth-order valence-electron chi connectivity index (χ4n) is 3.81. The Balaban J connectivity index is 1.39. The van der Waals surface area contributed by atoms with Crippen LogP contribution in [-0.2, 0) is 9.53 Å². The van der Waals surface area contributed by atoms with Crippen molar-refractivity contribution in [3.8, 4) is 0 Å². The van der Waals surface area contributed by atoms with E-state index in [-0.39, 0.29) is 5.91 Å². The van der Waals surface area contributed by atoms with Crippen LogP contribution >= 0.6 is 11.6 Å². The van der Waals surface area contributed by atoms with Gasteiger partial charge in [0.25, 0.3) is 0 Å². The highest BCUT2D eigenvalue weighted by Gasteiger charge is 2.15. The number of hydrogen-bond acceptors (Lipinski definition) is 5. The van der Waals surface area contributed by atoms with E-state index in [0.717, 1.165) is 76.7 Å². The molecule has 2 aromatic rings. The summed E-state index contributed by atoms with van der Waals surface area (Å²) in [6.45, 7) is 1.26. The van der Waals surface area contributed by atoms with Crippen LogP contribution in [0, 0.1) is 0 Å². The molecule has 0 atom stereocenters. The Hall–Kier alpha value is -3.00. The SMILES string of the molecule is Bc1cnn2c(NCCCNC(=O)C3=CC(OC)=CCC3)cc(C3=C(Cl)CCC=C3)nc12. The summed E-state index contributed by atoms with van der Waals surface area (Å²) in [5.41, 5.74) is 4.37. The number of hydrogen-bond donors (Lipinski definition) is 2. The van der Waals surface area contributed by atoms with Crippen molar-refractivity contribution in [3.05, 3.63) is 58.6 Å². The summed E-state index contributed by atoms with van der Waals surface area (Å²) in [7, 11) is 3.61. The first kappa shape index (κ1) is 22.2. The smallest absolute Gasteiger partial charge is 0.247 e. The molecule has 166 valence electrons. The lowest BCUT2D eigenvalue weighted by Crippen LogP contribution is -2.28. The van der Waals surface area contributed by atoms with Crippen LogP contribution in [0.3, 0.4) is 0 Å². The lowest BCUT2D eigenvalue weighted by Gasteiger charge is -2.15. The maximum absolute atomic E-state index is 12.4. The van der Waals surface area contributed by atoms with Crippen molar-refractivity contribution in [1.82, 2.24) is 19.9 Å². The molecule has 0 aliphatic heterocycles. The maximum atomic E-state index is 12.4. The lowest BCUT2D eigenvalue weighted by atomic mass is 10.00. The van der Waals surface area contributed by atoms with Crippen LogP contribution in [0.15, 0.2) is 52.9 Å². The number of methoxy groups -OCH3 is 1. The average Bonchev–Trinajstić information content (AvgIpc) is 3.19. The zero-order valence-corrected chi connectivity index (χ0v) is 19.2. The van der Waals surface area contributed by atoms with Gasteiger partial charge in [-0.05, 0) is 49.7 Å². The second-order valence-electron chi connectivity index (χ2n) is 7.90. The molecule has 0 fully saturated rings. The second-order valence-corrected chi connectivity index (χ2v) is 8.36. The Morgan fingerprint density at radius 3 is 3.00 bits per heavy atom. The molecule has 2 aromatic heterocycles. The number of allylic oxidation sites excluding steroid dienone is 6. The van der Waals surface area contributed by atoms with Crippen LogP contribution in [0.25, 0.3) is 11.2 Å². The first-order valence-electron chi connectivity index (χ1n) is 10.9. The number of nitrogens with zero attached hydrogens (tertiary/aromatic N) is 3. The number of anilines is 1. The van der Waals surface area contributed by atoms with Crippen LogP contribution in [0.5, 0.6) is 0 Å². The standard InChI is InChI=1S/C23H27BClN5O2/c1-32-16-7-4-6-15(12-16)23(31)27-11-5-10-26-21-13-20(17-8-2-3-9-19(17)25)29-22-18(24)14-28-30(21)22/h2,7-8,12-14,26H,3-6,9-11,24H2,1H3,(H,27,31). The molecule has 9 heteroatoms. The minimum Gasteiger partial charge on any atom is -0.497 e. The molecule has 2 aliphatic carbocycles. The molecule has 0 aromatic carbocycles. The van der Waals surface area contributed by atoms with Gasteiger partial charge in [0.05, 0.1) is 12.8 Å². The van der Waals surface area contributed by atoms with Crippen LogP contribution in [-0.4, -0.2) is 48.6 Å². The van der Waals surface area contributed by atoms with Gasteiger partial charge in [-0.2, -0.15) is 9.61 Å².